The van der Waals surface area contributed by atoms with Crippen LogP contribution in [0.2, 0.25) is 0 Å². The van der Waals surface area contributed by atoms with Gasteiger partial charge in [0.25, 0.3) is 0 Å². The van der Waals surface area contributed by atoms with Gasteiger partial charge in [0.1, 0.15) is 0 Å². The molecule has 0 fully saturated rings. The van der Waals surface area contributed by atoms with Crippen LogP contribution >= 0.6 is 22.9 Å². The monoisotopic (exact) mass is 295 g/mol. The van der Waals surface area contributed by atoms with E-state index in [9.17, 15) is 13.2 Å². The SMILES string of the molecule is FC(F)(F)c1cnn(CCc2nc(CCl)cs2)c1. The highest BCUT2D eigenvalue weighted by Crippen LogP contribution is 2.28. The van der Waals surface area contributed by atoms with Gasteiger partial charge in [0.05, 0.1) is 28.3 Å². The second-order valence-corrected chi connectivity index (χ2v) is 4.82. The van der Waals surface area contributed by atoms with Crippen molar-refractivity contribution in [2.45, 2.75) is 25.0 Å². The van der Waals surface area contributed by atoms with Crippen molar-refractivity contribution in [3.8, 4) is 0 Å². The predicted octanol–water partition coefficient (Wildman–Crippen LogP) is 3.34. The number of aryl methyl sites for hydroxylation is 2. The summed E-state index contributed by atoms with van der Waals surface area (Å²) < 4.78 is 38.3. The number of hydrogen-bond donors (Lipinski definition) is 0. The van der Waals surface area contributed by atoms with Gasteiger partial charge in [-0.15, -0.1) is 22.9 Å². The summed E-state index contributed by atoms with van der Waals surface area (Å²) in [5, 5.41) is 6.35. The van der Waals surface area contributed by atoms with Gasteiger partial charge in [0.15, 0.2) is 0 Å². The first-order valence-corrected chi connectivity index (χ1v) is 6.49. The fraction of sp³-hybridized carbons (Fsp3) is 0.400. The number of hydrogen-bond acceptors (Lipinski definition) is 3. The van der Waals surface area contributed by atoms with Gasteiger partial charge in [-0.05, 0) is 0 Å². The van der Waals surface area contributed by atoms with Gasteiger partial charge in [-0.25, -0.2) is 4.98 Å². The summed E-state index contributed by atoms with van der Waals surface area (Å²) in [6, 6.07) is 0. The molecule has 0 aromatic carbocycles. The maximum absolute atomic E-state index is 12.3. The summed E-state index contributed by atoms with van der Waals surface area (Å²) in [5.41, 5.74) is 0.0520. The van der Waals surface area contributed by atoms with Gasteiger partial charge in [0, 0.05) is 24.5 Å². The van der Waals surface area contributed by atoms with Crippen molar-refractivity contribution in [3.63, 3.8) is 0 Å². The number of rotatable bonds is 4. The van der Waals surface area contributed by atoms with Gasteiger partial charge in [-0.3, -0.25) is 4.68 Å². The first-order chi connectivity index (χ1) is 8.49. The molecule has 3 nitrogen and oxygen atoms in total. The van der Waals surface area contributed by atoms with Crippen molar-refractivity contribution in [1.29, 1.82) is 0 Å². The first-order valence-electron chi connectivity index (χ1n) is 5.08. The fourth-order valence-corrected chi connectivity index (χ4v) is 2.38. The molecule has 0 saturated heterocycles. The van der Waals surface area contributed by atoms with Crippen LogP contribution in [0.3, 0.4) is 0 Å². The standard InChI is InChI=1S/C10H9ClF3N3S/c11-3-8-6-18-9(16-8)1-2-17-5-7(4-15-17)10(12,13)14/h4-6H,1-3H2. The normalized spacial score (nSPS) is 12.0. The van der Waals surface area contributed by atoms with Crippen molar-refractivity contribution in [2.24, 2.45) is 0 Å². The topological polar surface area (TPSA) is 30.7 Å². The van der Waals surface area contributed by atoms with Gasteiger partial charge < -0.3 is 0 Å². The van der Waals surface area contributed by atoms with Crippen LogP contribution in [0.15, 0.2) is 17.8 Å². The zero-order valence-corrected chi connectivity index (χ0v) is 10.7. The minimum atomic E-state index is -4.34. The van der Waals surface area contributed by atoms with E-state index in [1.165, 1.54) is 16.0 Å². The molecule has 2 aromatic rings. The van der Waals surface area contributed by atoms with Crippen LogP contribution in [0.4, 0.5) is 13.2 Å². The Morgan fingerprint density at radius 1 is 1.39 bits per heavy atom. The van der Waals surface area contributed by atoms with Crippen LogP contribution in [0, 0.1) is 0 Å². The summed E-state index contributed by atoms with van der Waals surface area (Å²) in [5.74, 6) is 0.344. The van der Waals surface area contributed by atoms with Crippen molar-refractivity contribution in [1.82, 2.24) is 14.8 Å². The Morgan fingerprint density at radius 2 is 2.17 bits per heavy atom. The van der Waals surface area contributed by atoms with Crippen molar-refractivity contribution < 1.29 is 13.2 Å². The molecule has 2 heterocycles. The molecular formula is C10H9ClF3N3S. The molecule has 18 heavy (non-hydrogen) atoms. The zero-order valence-electron chi connectivity index (χ0n) is 9.12. The quantitative estimate of drug-likeness (QED) is 0.810. The lowest BCUT2D eigenvalue weighted by atomic mass is 10.3. The van der Waals surface area contributed by atoms with Crippen molar-refractivity contribution in [3.05, 3.63) is 34.0 Å². The van der Waals surface area contributed by atoms with Crippen LogP contribution in [-0.2, 0) is 25.0 Å². The molecule has 0 aliphatic rings. The Morgan fingerprint density at radius 3 is 2.72 bits per heavy atom. The minimum Gasteiger partial charge on any atom is -0.272 e. The molecule has 0 radical (unpaired) electrons. The lowest BCUT2D eigenvalue weighted by molar-refractivity contribution is -0.137. The van der Waals surface area contributed by atoms with Gasteiger partial charge >= 0.3 is 6.18 Å². The third-order valence-corrected chi connectivity index (χ3v) is 3.48. The van der Waals surface area contributed by atoms with Gasteiger partial charge in [-0.2, -0.15) is 18.3 Å². The summed E-state index contributed by atoms with van der Waals surface area (Å²) in [6.07, 6.45) is -1.98. The Balaban J connectivity index is 1.96. The smallest absolute Gasteiger partial charge is 0.272 e. The van der Waals surface area contributed by atoms with Crippen LogP contribution in [0.25, 0.3) is 0 Å². The van der Waals surface area contributed by atoms with E-state index in [1.54, 1.807) is 0 Å². The summed E-state index contributed by atoms with van der Waals surface area (Å²) in [6.45, 7) is 0.366. The molecule has 0 bridgehead atoms. The number of halogens is 4. The molecule has 8 heteroatoms. The summed E-state index contributed by atoms with van der Waals surface area (Å²) in [4.78, 5) is 4.22. The maximum atomic E-state index is 12.3. The molecule has 0 aliphatic carbocycles. The number of thiazole rings is 1. The largest absolute Gasteiger partial charge is 0.419 e. The maximum Gasteiger partial charge on any atom is 0.419 e. The molecule has 2 aromatic heterocycles. The Kier molecular flexibility index (Phi) is 3.91. The summed E-state index contributed by atoms with van der Waals surface area (Å²) >= 11 is 7.06. The van der Waals surface area contributed by atoms with E-state index < -0.39 is 11.7 Å². The summed E-state index contributed by atoms with van der Waals surface area (Å²) in [7, 11) is 0. The van der Waals surface area contributed by atoms with Crippen LogP contribution in [0.1, 0.15) is 16.3 Å². The van der Waals surface area contributed by atoms with E-state index in [4.69, 9.17) is 11.6 Å². The van der Waals surface area contributed by atoms with Crippen molar-refractivity contribution >= 4 is 22.9 Å². The van der Waals surface area contributed by atoms with E-state index in [-0.39, 0.29) is 0 Å². The van der Waals surface area contributed by atoms with E-state index in [2.05, 4.69) is 10.1 Å². The molecule has 2 rings (SSSR count). The molecule has 0 spiro atoms. The van der Waals surface area contributed by atoms with E-state index in [1.807, 2.05) is 5.38 Å². The molecule has 0 unspecified atom stereocenters. The van der Waals surface area contributed by atoms with Crippen molar-refractivity contribution in [2.75, 3.05) is 0 Å². The first kappa shape index (κ1) is 13.4. The molecule has 0 N–H and O–H groups in total. The molecular weight excluding hydrogens is 287 g/mol. The number of nitrogens with zero attached hydrogens (tertiary/aromatic N) is 3. The van der Waals surface area contributed by atoms with Gasteiger partial charge in [-0.1, -0.05) is 0 Å². The van der Waals surface area contributed by atoms with Crippen LogP contribution < -0.4 is 0 Å². The highest BCUT2D eigenvalue weighted by Gasteiger charge is 2.32. The third-order valence-electron chi connectivity index (χ3n) is 2.25. The molecule has 0 aliphatic heterocycles. The van der Waals surface area contributed by atoms with Crippen LogP contribution in [-0.4, -0.2) is 14.8 Å². The lowest BCUT2D eigenvalue weighted by Gasteiger charge is -2.01. The molecule has 0 amide bonds. The Hall–Kier alpha value is -1.08. The van der Waals surface area contributed by atoms with Gasteiger partial charge in [0.2, 0.25) is 0 Å². The van der Waals surface area contributed by atoms with E-state index in [0.29, 0.717) is 18.8 Å². The highest BCUT2D eigenvalue weighted by molar-refractivity contribution is 7.09. The fourth-order valence-electron chi connectivity index (χ4n) is 1.37. The Bertz CT molecular complexity index is 520. The Labute approximate surface area is 110 Å². The average molecular weight is 296 g/mol. The molecule has 0 saturated carbocycles. The third kappa shape index (κ3) is 3.23. The second-order valence-electron chi connectivity index (χ2n) is 3.61. The second kappa shape index (κ2) is 5.27. The zero-order chi connectivity index (χ0) is 13.2. The predicted molar refractivity (Wildman–Crippen MR) is 62.6 cm³/mol. The lowest BCUT2D eigenvalue weighted by Crippen LogP contribution is -2.04. The van der Waals surface area contributed by atoms with Crippen LogP contribution in [0.5, 0.6) is 0 Å². The average Bonchev–Trinajstić information content (AvgIpc) is 2.94. The number of alkyl halides is 4. The molecule has 98 valence electrons. The van der Waals surface area contributed by atoms with E-state index in [0.717, 1.165) is 23.1 Å². The molecule has 0 atom stereocenters. The minimum absolute atomic E-state index is 0.344. The van der Waals surface area contributed by atoms with E-state index >= 15 is 0 Å². The highest BCUT2D eigenvalue weighted by atomic mass is 35.5. The number of aromatic nitrogens is 3.